The number of fused-ring (bicyclic) bond motifs is 1. The monoisotopic (exact) mass is 548 g/mol. The van der Waals surface area contributed by atoms with Crippen molar-refractivity contribution in [2.75, 3.05) is 6.61 Å². The summed E-state index contributed by atoms with van der Waals surface area (Å²) in [5, 5.41) is 12.6. The van der Waals surface area contributed by atoms with Crippen molar-refractivity contribution in [2.45, 2.75) is 76.2 Å². The van der Waals surface area contributed by atoms with Crippen LogP contribution in [0.1, 0.15) is 46.5 Å². The Morgan fingerprint density at radius 1 is 0.897 bits per heavy atom. The van der Waals surface area contributed by atoms with E-state index in [0.29, 0.717) is 31.4 Å². The van der Waals surface area contributed by atoms with E-state index < -0.39 is 20.8 Å². The molecule has 1 saturated heterocycles. The molecule has 0 spiro atoms. The molecule has 1 N–H and O–H groups in total. The largest absolute Gasteiger partial charge is 0.491 e. The fourth-order valence-corrected chi connectivity index (χ4v) is 11.5. The van der Waals surface area contributed by atoms with Crippen LogP contribution in [-0.2, 0) is 9.16 Å². The number of hydrogen-bond donors (Lipinski definition) is 1. The maximum atomic E-state index is 15.1. The van der Waals surface area contributed by atoms with E-state index in [-0.39, 0.29) is 35.7 Å². The molecule has 3 aromatic rings. The molecule has 1 aliphatic heterocycles. The first-order chi connectivity index (χ1) is 18.8. The van der Waals surface area contributed by atoms with E-state index in [2.05, 4.69) is 69.3 Å². The minimum atomic E-state index is -2.77. The number of para-hydroxylation sites is 1. The summed E-state index contributed by atoms with van der Waals surface area (Å²) < 4.78 is 34.2. The SMILES string of the molecule is CC(C)(C)[Si](O[C@@H]1C[C@@H]2OC(O)C[C@@H]2[C@H]1CC[C@@H](F)COc1ccccc1)(c1ccccc1)c1ccccc1. The molecule has 3 aromatic carbocycles. The summed E-state index contributed by atoms with van der Waals surface area (Å²) in [4.78, 5) is 0. The van der Waals surface area contributed by atoms with Gasteiger partial charge in [-0.2, -0.15) is 0 Å². The van der Waals surface area contributed by atoms with Crippen molar-refractivity contribution in [1.29, 1.82) is 0 Å². The van der Waals surface area contributed by atoms with Gasteiger partial charge in [0.1, 0.15) is 18.5 Å². The average molecular weight is 549 g/mol. The third kappa shape index (κ3) is 5.99. The van der Waals surface area contributed by atoms with Crippen LogP contribution in [-0.4, -0.2) is 44.7 Å². The number of benzene rings is 3. The lowest BCUT2D eigenvalue weighted by Gasteiger charge is -2.46. The van der Waals surface area contributed by atoms with Crippen LogP contribution in [0.2, 0.25) is 5.04 Å². The molecule has 1 aliphatic carbocycles. The fraction of sp³-hybridized carbons (Fsp3) is 0.455. The number of rotatable bonds is 10. The van der Waals surface area contributed by atoms with Crippen molar-refractivity contribution >= 4 is 18.7 Å². The Morgan fingerprint density at radius 2 is 1.46 bits per heavy atom. The Balaban J connectivity index is 1.41. The van der Waals surface area contributed by atoms with E-state index in [9.17, 15) is 5.11 Å². The third-order valence-electron chi connectivity index (χ3n) is 8.51. The summed E-state index contributed by atoms with van der Waals surface area (Å²) in [6.45, 7) is 6.87. The first-order valence-electron chi connectivity index (χ1n) is 14.2. The van der Waals surface area contributed by atoms with Gasteiger partial charge in [0, 0.05) is 6.42 Å². The van der Waals surface area contributed by atoms with Crippen LogP contribution >= 0.6 is 0 Å². The topological polar surface area (TPSA) is 47.9 Å². The maximum Gasteiger partial charge on any atom is 0.261 e. The van der Waals surface area contributed by atoms with E-state index >= 15 is 4.39 Å². The summed E-state index contributed by atoms with van der Waals surface area (Å²) >= 11 is 0. The van der Waals surface area contributed by atoms with Crippen LogP contribution in [0.25, 0.3) is 0 Å². The van der Waals surface area contributed by atoms with Gasteiger partial charge in [0.15, 0.2) is 6.29 Å². The smallest absolute Gasteiger partial charge is 0.261 e. The predicted octanol–water partition coefficient (Wildman–Crippen LogP) is 5.87. The molecule has 6 atom stereocenters. The highest BCUT2D eigenvalue weighted by atomic mass is 28.4. The van der Waals surface area contributed by atoms with Crippen LogP contribution < -0.4 is 15.1 Å². The molecular formula is C33H41FO4Si. The second kappa shape index (κ2) is 11.9. The zero-order valence-corrected chi connectivity index (χ0v) is 24.2. The molecule has 0 amide bonds. The standard InChI is InChI=1S/C33H41FO4Si/c1-33(2,3)39(26-15-9-5-10-16-26,27-17-11-6-12-18-27)38-31-22-30-29(21-32(35)37-30)28(31)20-19-24(34)23-36-25-13-7-4-8-14-25/h4-18,24,28-32,35H,19-23H2,1-3H3/t24-,28-,29-,30+,31-,32?/m1/s1. The van der Waals surface area contributed by atoms with Crippen molar-refractivity contribution in [3.63, 3.8) is 0 Å². The number of ether oxygens (including phenoxy) is 2. The van der Waals surface area contributed by atoms with E-state index in [1.807, 2.05) is 42.5 Å². The molecule has 4 nitrogen and oxygen atoms in total. The van der Waals surface area contributed by atoms with Gasteiger partial charge >= 0.3 is 0 Å². The molecule has 5 rings (SSSR count). The van der Waals surface area contributed by atoms with Crippen LogP contribution in [0.4, 0.5) is 4.39 Å². The van der Waals surface area contributed by atoms with Crippen LogP contribution in [0, 0.1) is 11.8 Å². The van der Waals surface area contributed by atoms with Gasteiger partial charge in [-0.25, -0.2) is 4.39 Å². The highest BCUT2D eigenvalue weighted by Gasteiger charge is 2.56. The van der Waals surface area contributed by atoms with Crippen LogP contribution in [0.5, 0.6) is 5.75 Å². The normalized spacial score (nSPS) is 25.8. The maximum absolute atomic E-state index is 15.1. The molecular weight excluding hydrogens is 507 g/mol. The van der Waals surface area contributed by atoms with Crippen LogP contribution in [0.3, 0.4) is 0 Å². The molecule has 2 aliphatic rings. The molecule has 0 radical (unpaired) electrons. The quantitative estimate of drug-likeness (QED) is 0.322. The molecule has 39 heavy (non-hydrogen) atoms. The van der Waals surface area contributed by atoms with Gasteiger partial charge in [-0.1, -0.05) is 99.6 Å². The Morgan fingerprint density at radius 3 is 2.03 bits per heavy atom. The predicted molar refractivity (Wildman–Crippen MR) is 156 cm³/mol. The molecule has 208 valence electrons. The van der Waals surface area contributed by atoms with Crippen molar-refractivity contribution in [3.05, 3.63) is 91.0 Å². The lowest BCUT2D eigenvalue weighted by molar-refractivity contribution is -0.0946. The zero-order valence-electron chi connectivity index (χ0n) is 23.2. The van der Waals surface area contributed by atoms with Gasteiger partial charge in [0.05, 0.1) is 12.2 Å². The first kappa shape index (κ1) is 28.0. The molecule has 0 bridgehead atoms. The summed E-state index contributed by atoms with van der Waals surface area (Å²) in [7, 11) is -2.77. The van der Waals surface area contributed by atoms with Crippen LogP contribution in [0.15, 0.2) is 91.0 Å². The fourth-order valence-electron chi connectivity index (χ4n) is 6.72. The number of alkyl halides is 1. The molecule has 1 saturated carbocycles. The van der Waals surface area contributed by atoms with Gasteiger partial charge < -0.3 is 19.0 Å². The minimum Gasteiger partial charge on any atom is -0.491 e. The number of aliphatic hydroxyl groups excluding tert-OH is 1. The van der Waals surface area contributed by atoms with Gasteiger partial charge in [0.2, 0.25) is 0 Å². The van der Waals surface area contributed by atoms with E-state index in [0.717, 1.165) is 0 Å². The summed E-state index contributed by atoms with van der Waals surface area (Å²) in [5.74, 6) is 0.940. The van der Waals surface area contributed by atoms with Gasteiger partial charge in [-0.3, -0.25) is 0 Å². The Bertz CT molecular complexity index is 1130. The average Bonchev–Trinajstić information content (AvgIpc) is 3.45. The van der Waals surface area contributed by atoms with Gasteiger partial charge in [-0.15, -0.1) is 0 Å². The van der Waals surface area contributed by atoms with Crippen molar-refractivity contribution in [1.82, 2.24) is 0 Å². The van der Waals surface area contributed by atoms with Gasteiger partial charge in [-0.05, 0) is 58.6 Å². The highest BCUT2D eigenvalue weighted by molar-refractivity contribution is 6.99. The first-order valence-corrected chi connectivity index (χ1v) is 16.1. The summed E-state index contributed by atoms with van der Waals surface area (Å²) in [6, 6.07) is 30.7. The van der Waals surface area contributed by atoms with Gasteiger partial charge in [0.25, 0.3) is 8.32 Å². The van der Waals surface area contributed by atoms with Crippen molar-refractivity contribution in [3.8, 4) is 5.75 Å². The summed E-state index contributed by atoms with van der Waals surface area (Å²) in [5.41, 5.74) is 0. The number of hydrogen-bond acceptors (Lipinski definition) is 4. The minimum absolute atomic E-state index is 0.0319. The van der Waals surface area contributed by atoms with E-state index in [1.54, 1.807) is 0 Å². The van der Waals surface area contributed by atoms with E-state index in [4.69, 9.17) is 13.9 Å². The Hall–Kier alpha value is -2.51. The van der Waals surface area contributed by atoms with Crippen molar-refractivity contribution < 1.29 is 23.4 Å². The molecule has 1 heterocycles. The number of aliphatic hydroxyl groups is 1. The third-order valence-corrected chi connectivity index (χ3v) is 13.6. The molecule has 6 heteroatoms. The second-order valence-corrected chi connectivity index (χ2v) is 16.3. The lowest BCUT2D eigenvalue weighted by Crippen LogP contribution is -2.68. The van der Waals surface area contributed by atoms with Crippen molar-refractivity contribution in [2.24, 2.45) is 11.8 Å². The molecule has 0 aromatic heterocycles. The zero-order chi connectivity index (χ0) is 27.5. The summed E-state index contributed by atoms with van der Waals surface area (Å²) in [6.07, 6.45) is 0.371. The Labute approximate surface area is 233 Å². The lowest BCUT2D eigenvalue weighted by atomic mass is 9.87. The number of halogens is 1. The second-order valence-electron chi connectivity index (χ2n) is 12.0. The highest BCUT2D eigenvalue weighted by Crippen LogP contribution is 2.49. The Kier molecular flexibility index (Phi) is 8.57. The molecule has 1 unspecified atom stereocenters. The van der Waals surface area contributed by atoms with E-state index in [1.165, 1.54) is 10.4 Å². The molecule has 2 fully saturated rings.